The Kier molecular flexibility index (Phi) is 4.32. The average Bonchev–Trinajstić information content (AvgIpc) is 2.84. The van der Waals surface area contributed by atoms with E-state index in [1.165, 1.54) is 4.88 Å². The largest absolute Gasteiger partial charge is 0.365 e. The van der Waals surface area contributed by atoms with E-state index in [9.17, 15) is 4.79 Å². The Morgan fingerprint density at radius 1 is 1.45 bits per heavy atom. The van der Waals surface area contributed by atoms with Crippen molar-refractivity contribution in [2.75, 3.05) is 0 Å². The molecule has 0 radical (unpaired) electrons. The molecule has 0 spiro atoms. The van der Waals surface area contributed by atoms with Gasteiger partial charge in [-0.15, -0.1) is 11.3 Å². The van der Waals surface area contributed by atoms with Crippen molar-refractivity contribution in [3.05, 3.63) is 50.9 Å². The lowest BCUT2D eigenvalue weighted by molar-refractivity contribution is 0.1000. The van der Waals surface area contributed by atoms with Crippen LogP contribution in [0.15, 0.2) is 29.3 Å². The van der Waals surface area contributed by atoms with Crippen LogP contribution in [0.3, 0.4) is 0 Å². The summed E-state index contributed by atoms with van der Waals surface area (Å²) in [5, 5.41) is 1.34. The van der Waals surface area contributed by atoms with E-state index in [4.69, 9.17) is 17.3 Å². The normalized spacial score (nSPS) is 17.6. The first kappa shape index (κ1) is 15.3. The number of carbonyl (C=O) groups is 1. The number of rotatable bonds is 3. The minimum absolute atomic E-state index is 0.391. The lowest BCUT2D eigenvalue weighted by atomic mass is 9.87. The molecule has 3 rings (SSSR count). The van der Waals surface area contributed by atoms with Gasteiger partial charge in [0.05, 0.1) is 5.56 Å². The average molecular weight is 333 g/mol. The number of carbonyl (C=O) groups excluding carboxylic acids is 1. The molecular weight excluding hydrogens is 316 g/mol. The smallest absolute Gasteiger partial charge is 0.252 e. The van der Waals surface area contributed by atoms with E-state index >= 15 is 0 Å². The van der Waals surface area contributed by atoms with Crippen molar-refractivity contribution >= 4 is 40.1 Å². The molecule has 1 amide bonds. The lowest BCUT2D eigenvalue weighted by Crippen LogP contribution is -2.17. The summed E-state index contributed by atoms with van der Waals surface area (Å²) in [6, 6.07) is 7.49. The van der Waals surface area contributed by atoms with Gasteiger partial charge in [0.2, 0.25) is 0 Å². The van der Waals surface area contributed by atoms with Gasteiger partial charge >= 0.3 is 0 Å². The van der Waals surface area contributed by atoms with Crippen molar-refractivity contribution in [1.82, 2.24) is 0 Å². The molecule has 1 aliphatic rings. The zero-order chi connectivity index (χ0) is 15.7. The highest BCUT2D eigenvalue weighted by atomic mass is 35.5. The van der Waals surface area contributed by atoms with Crippen LogP contribution < -0.4 is 5.73 Å². The Labute approximate surface area is 138 Å². The summed E-state index contributed by atoms with van der Waals surface area (Å²) in [4.78, 5) is 17.6. The van der Waals surface area contributed by atoms with Gasteiger partial charge in [-0.3, -0.25) is 4.79 Å². The third-order valence-corrected chi connectivity index (χ3v) is 5.51. The highest BCUT2D eigenvalue weighted by Gasteiger charge is 2.26. The van der Waals surface area contributed by atoms with Gasteiger partial charge in [0.25, 0.3) is 5.91 Å². The summed E-state index contributed by atoms with van der Waals surface area (Å²) in [5.41, 5.74) is 8.12. The first-order chi connectivity index (χ1) is 10.6. The number of nitrogens with zero attached hydrogens (tertiary/aromatic N) is 1. The van der Waals surface area contributed by atoms with Crippen molar-refractivity contribution in [3.8, 4) is 0 Å². The second-order valence-electron chi connectivity index (χ2n) is 5.68. The SMILES string of the molecule is CC1CCc2sc(N=Cc3ccccc3Cl)c(C(N)=O)c2C1. The summed E-state index contributed by atoms with van der Waals surface area (Å²) < 4.78 is 0. The van der Waals surface area contributed by atoms with E-state index in [-0.39, 0.29) is 0 Å². The van der Waals surface area contributed by atoms with Crippen molar-refractivity contribution < 1.29 is 4.79 Å². The van der Waals surface area contributed by atoms with Crippen LogP contribution in [0.5, 0.6) is 0 Å². The summed E-state index contributed by atoms with van der Waals surface area (Å²) in [5.74, 6) is 0.193. The Hall–Kier alpha value is -1.65. The molecule has 1 unspecified atom stereocenters. The fourth-order valence-electron chi connectivity index (χ4n) is 2.80. The van der Waals surface area contributed by atoms with Crippen LogP contribution in [0.1, 0.15) is 39.7 Å². The summed E-state index contributed by atoms with van der Waals surface area (Å²) >= 11 is 7.71. The molecule has 0 bridgehead atoms. The number of primary amides is 1. The predicted octanol–water partition coefficient (Wildman–Crippen LogP) is 4.38. The fourth-order valence-corrected chi connectivity index (χ4v) is 4.17. The highest BCUT2D eigenvalue weighted by molar-refractivity contribution is 7.16. The standard InChI is InChI=1S/C17H17ClN2OS/c1-10-6-7-14-12(8-10)15(16(19)21)17(22-14)20-9-11-4-2-3-5-13(11)18/h2-5,9-10H,6-8H2,1H3,(H2,19,21). The van der Waals surface area contributed by atoms with E-state index in [1.807, 2.05) is 24.3 Å². The number of aryl methyl sites for hydroxylation is 1. The van der Waals surface area contributed by atoms with Gasteiger partial charge in [-0.2, -0.15) is 0 Å². The second-order valence-corrected chi connectivity index (χ2v) is 7.17. The van der Waals surface area contributed by atoms with E-state index in [0.29, 0.717) is 21.5 Å². The number of thiophene rings is 1. The number of aliphatic imine (C=N–C) groups is 1. The van der Waals surface area contributed by atoms with Gasteiger partial charge in [-0.05, 0) is 36.8 Å². The third kappa shape index (κ3) is 2.94. The third-order valence-electron chi connectivity index (χ3n) is 3.96. The first-order valence-corrected chi connectivity index (χ1v) is 8.48. The van der Waals surface area contributed by atoms with Crippen LogP contribution in [0.2, 0.25) is 5.02 Å². The number of fused-ring (bicyclic) bond motifs is 1. The minimum atomic E-state index is -0.391. The van der Waals surface area contributed by atoms with E-state index in [2.05, 4.69) is 11.9 Å². The molecule has 2 aromatic rings. The molecule has 3 nitrogen and oxygen atoms in total. The predicted molar refractivity (Wildman–Crippen MR) is 92.7 cm³/mol. The van der Waals surface area contributed by atoms with Gasteiger partial charge in [0.15, 0.2) is 0 Å². The second kappa shape index (κ2) is 6.23. The van der Waals surface area contributed by atoms with Crippen LogP contribution in [0.25, 0.3) is 0 Å². The Morgan fingerprint density at radius 2 is 2.23 bits per heavy atom. The minimum Gasteiger partial charge on any atom is -0.365 e. The zero-order valence-electron chi connectivity index (χ0n) is 12.3. The highest BCUT2D eigenvalue weighted by Crippen LogP contribution is 2.40. The van der Waals surface area contributed by atoms with E-state index < -0.39 is 5.91 Å². The number of hydrogen-bond acceptors (Lipinski definition) is 3. The lowest BCUT2D eigenvalue weighted by Gasteiger charge is -2.18. The van der Waals surface area contributed by atoms with Crippen molar-refractivity contribution in [2.24, 2.45) is 16.6 Å². The molecule has 1 aliphatic carbocycles. The van der Waals surface area contributed by atoms with Gasteiger partial charge in [-0.1, -0.05) is 36.7 Å². The molecular formula is C17H17ClN2OS. The molecule has 1 aromatic heterocycles. The molecule has 0 aliphatic heterocycles. The first-order valence-electron chi connectivity index (χ1n) is 7.29. The summed E-state index contributed by atoms with van der Waals surface area (Å²) in [6.45, 7) is 2.21. The van der Waals surface area contributed by atoms with E-state index in [1.54, 1.807) is 17.6 Å². The summed E-state index contributed by atoms with van der Waals surface area (Å²) in [7, 11) is 0. The molecule has 0 saturated carbocycles. The molecule has 114 valence electrons. The maximum absolute atomic E-state index is 11.9. The molecule has 2 N–H and O–H groups in total. The van der Waals surface area contributed by atoms with Crippen LogP contribution in [-0.2, 0) is 12.8 Å². The van der Waals surface area contributed by atoms with Gasteiger partial charge in [0.1, 0.15) is 5.00 Å². The van der Waals surface area contributed by atoms with Crippen LogP contribution in [0.4, 0.5) is 5.00 Å². The molecule has 5 heteroatoms. The van der Waals surface area contributed by atoms with Crippen LogP contribution in [-0.4, -0.2) is 12.1 Å². The number of hydrogen-bond donors (Lipinski definition) is 1. The molecule has 1 heterocycles. The number of nitrogens with two attached hydrogens (primary N) is 1. The molecule has 0 saturated heterocycles. The van der Waals surface area contributed by atoms with Crippen LogP contribution >= 0.6 is 22.9 Å². The maximum atomic E-state index is 11.9. The molecule has 22 heavy (non-hydrogen) atoms. The monoisotopic (exact) mass is 332 g/mol. The quantitative estimate of drug-likeness (QED) is 0.833. The Morgan fingerprint density at radius 3 is 2.95 bits per heavy atom. The van der Waals surface area contributed by atoms with Crippen molar-refractivity contribution in [2.45, 2.75) is 26.2 Å². The van der Waals surface area contributed by atoms with Crippen molar-refractivity contribution in [1.29, 1.82) is 0 Å². The number of halogens is 1. The Balaban J connectivity index is 2.01. The molecule has 1 aromatic carbocycles. The molecule has 1 atom stereocenters. The van der Waals surface area contributed by atoms with Gasteiger partial charge in [0, 0.05) is 21.7 Å². The zero-order valence-corrected chi connectivity index (χ0v) is 13.9. The van der Waals surface area contributed by atoms with Crippen LogP contribution in [0, 0.1) is 5.92 Å². The topological polar surface area (TPSA) is 55.4 Å². The Bertz CT molecular complexity index is 751. The maximum Gasteiger partial charge on any atom is 0.252 e. The van der Waals surface area contributed by atoms with Crippen molar-refractivity contribution in [3.63, 3.8) is 0 Å². The van der Waals surface area contributed by atoms with E-state index in [0.717, 1.165) is 30.4 Å². The molecule has 0 fully saturated rings. The fraction of sp³-hybridized carbons (Fsp3) is 0.294. The summed E-state index contributed by atoms with van der Waals surface area (Å²) in [6.07, 6.45) is 4.77. The number of benzene rings is 1. The van der Waals surface area contributed by atoms with Gasteiger partial charge < -0.3 is 5.73 Å². The number of amides is 1. The van der Waals surface area contributed by atoms with Gasteiger partial charge in [-0.25, -0.2) is 4.99 Å².